The highest BCUT2D eigenvalue weighted by Crippen LogP contribution is 2.45. The molecule has 2 fully saturated rings. The molecule has 0 bridgehead atoms. The number of hydrogen-bond acceptors (Lipinski definition) is 4. The quantitative estimate of drug-likeness (QED) is 0.587. The maximum absolute atomic E-state index is 4.44. The van der Waals surface area contributed by atoms with Crippen LogP contribution in [0, 0.1) is 0 Å². The summed E-state index contributed by atoms with van der Waals surface area (Å²) in [7, 11) is 0. The molecule has 3 rings (SSSR count). The van der Waals surface area contributed by atoms with Crippen LogP contribution in [-0.2, 0) is 0 Å². The van der Waals surface area contributed by atoms with Crippen molar-refractivity contribution in [2.75, 3.05) is 12.3 Å². The molecular weight excluding hydrogens is 256 g/mol. The van der Waals surface area contributed by atoms with Crippen molar-refractivity contribution in [2.24, 2.45) is 0 Å². The fraction of sp³-hybridized carbons (Fsp3) is 0.857. The van der Waals surface area contributed by atoms with Crippen molar-refractivity contribution >= 4 is 11.8 Å². The minimum Gasteiger partial charge on any atom is -0.313 e. The van der Waals surface area contributed by atoms with Crippen molar-refractivity contribution in [3.63, 3.8) is 0 Å². The molecular formula is C14H24N4S. The van der Waals surface area contributed by atoms with E-state index in [4.69, 9.17) is 0 Å². The highest BCUT2D eigenvalue weighted by atomic mass is 32.2. The molecule has 4 nitrogen and oxygen atoms in total. The Balaban J connectivity index is 1.55. The number of rotatable bonds is 8. The maximum Gasteiger partial charge on any atom is 0.191 e. The molecule has 0 amide bonds. The topological polar surface area (TPSA) is 42.7 Å². The number of nitrogens with one attached hydrogen (secondary N) is 1. The van der Waals surface area contributed by atoms with Crippen LogP contribution in [0.5, 0.6) is 0 Å². The molecule has 1 unspecified atom stereocenters. The second-order valence-corrected chi connectivity index (χ2v) is 6.89. The normalized spacial score (nSPS) is 20.7. The second-order valence-electron chi connectivity index (χ2n) is 5.83. The molecule has 1 heterocycles. The summed E-state index contributed by atoms with van der Waals surface area (Å²) in [6, 6.07) is 1.32. The molecule has 2 saturated carbocycles. The van der Waals surface area contributed by atoms with Crippen molar-refractivity contribution < 1.29 is 0 Å². The molecule has 0 aromatic carbocycles. The van der Waals surface area contributed by atoms with Gasteiger partial charge in [0.05, 0.1) is 0 Å². The first-order valence-corrected chi connectivity index (χ1v) is 8.59. The Hall–Kier alpha value is -0.550. The van der Waals surface area contributed by atoms with Gasteiger partial charge in [0.2, 0.25) is 0 Å². The van der Waals surface area contributed by atoms with E-state index in [-0.39, 0.29) is 0 Å². The Labute approximate surface area is 119 Å². The number of aromatic nitrogens is 3. The summed E-state index contributed by atoms with van der Waals surface area (Å²) in [6.45, 7) is 5.51. The van der Waals surface area contributed by atoms with Crippen LogP contribution in [0.1, 0.15) is 63.7 Å². The summed E-state index contributed by atoms with van der Waals surface area (Å²) in [6.07, 6.45) is 6.44. The predicted molar refractivity (Wildman–Crippen MR) is 78.7 cm³/mol. The van der Waals surface area contributed by atoms with Crippen molar-refractivity contribution in [3.05, 3.63) is 5.82 Å². The van der Waals surface area contributed by atoms with Gasteiger partial charge in [-0.3, -0.25) is 0 Å². The molecule has 5 heteroatoms. The van der Waals surface area contributed by atoms with Crippen LogP contribution >= 0.6 is 11.8 Å². The Morgan fingerprint density at radius 3 is 2.74 bits per heavy atom. The zero-order valence-electron chi connectivity index (χ0n) is 11.9. The largest absolute Gasteiger partial charge is 0.313 e. The SMILES string of the molecule is CCC(C)NCCSc1nnc(C2CC2)n1C1CC1. The molecule has 0 radical (unpaired) electrons. The molecule has 106 valence electrons. The Morgan fingerprint density at radius 2 is 2.11 bits per heavy atom. The van der Waals surface area contributed by atoms with Crippen molar-refractivity contribution in [3.8, 4) is 0 Å². The third-order valence-corrected chi connectivity index (χ3v) is 4.93. The molecule has 19 heavy (non-hydrogen) atoms. The lowest BCUT2D eigenvalue weighted by molar-refractivity contribution is 0.554. The first kappa shape index (κ1) is 13.4. The molecule has 1 aromatic rings. The summed E-state index contributed by atoms with van der Waals surface area (Å²) in [5.41, 5.74) is 0. The molecule has 1 N–H and O–H groups in total. The van der Waals surface area contributed by atoms with Gasteiger partial charge in [0.1, 0.15) is 5.82 Å². The van der Waals surface area contributed by atoms with Crippen molar-refractivity contribution in [2.45, 2.75) is 69.1 Å². The highest BCUT2D eigenvalue weighted by Gasteiger charge is 2.36. The van der Waals surface area contributed by atoms with Crippen LogP contribution in [0.3, 0.4) is 0 Å². The smallest absolute Gasteiger partial charge is 0.191 e. The highest BCUT2D eigenvalue weighted by molar-refractivity contribution is 7.99. The third kappa shape index (κ3) is 3.31. The lowest BCUT2D eigenvalue weighted by Crippen LogP contribution is -2.27. The van der Waals surface area contributed by atoms with E-state index in [0.29, 0.717) is 18.0 Å². The van der Waals surface area contributed by atoms with E-state index >= 15 is 0 Å². The Morgan fingerprint density at radius 1 is 1.32 bits per heavy atom. The molecule has 1 atom stereocenters. The van der Waals surface area contributed by atoms with Gasteiger partial charge in [-0.05, 0) is 39.0 Å². The van der Waals surface area contributed by atoms with Gasteiger partial charge in [-0.15, -0.1) is 10.2 Å². The van der Waals surface area contributed by atoms with Crippen LogP contribution in [-0.4, -0.2) is 33.1 Å². The summed E-state index contributed by atoms with van der Waals surface area (Å²) >= 11 is 1.86. The Bertz CT molecular complexity index is 423. The minimum atomic E-state index is 0.615. The van der Waals surface area contributed by atoms with Crippen LogP contribution in [0.25, 0.3) is 0 Å². The van der Waals surface area contributed by atoms with Gasteiger partial charge in [0, 0.05) is 30.3 Å². The lowest BCUT2D eigenvalue weighted by atomic mass is 10.3. The van der Waals surface area contributed by atoms with E-state index in [1.807, 2.05) is 11.8 Å². The van der Waals surface area contributed by atoms with Crippen molar-refractivity contribution in [1.29, 1.82) is 0 Å². The van der Waals surface area contributed by atoms with E-state index in [9.17, 15) is 0 Å². The standard InChI is InChI=1S/C14H24N4S/c1-3-10(2)15-8-9-19-14-17-16-13(11-4-5-11)18(14)12-6-7-12/h10-12,15H,3-9H2,1-2H3. The summed E-state index contributed by atoms with van der Waals surface area (Å²) < 4.78 is 2.44. The van der Waals surface area contributed by atoms with Crippen molar-refractivity contribution in [1.82, 2.24) is 20.1 Å². The van der Waals surface area contributed by atoms with Gasteiger partial charge >= 0.3 is 0 Å². The zero-order valence-corrected chi connectivity index (χ0v) is 12.7. The first-order chi connectivity index (χ1) is 9.29. The molecule has 2 aliphatic rings. The van der Waals surface area contributed by atoms with E-state index in [1.54, 1.807) is 0 Å². The van der Waals surface area contributed by atoms with Gasteiger partial charge in [-0.1, -0.05) is 18.7 Å². The summed E-state index contributed by atoms with van der Waals surface area (Å²) in [5, 5.41) is 13.5. The molecule has 2 aliphatic carbocycles. The fourth-order valence-corrected chi connectivity index (χ4v) is 3.16. The zero-order chi connectivity index (χ0) is 13.2. The van der Waals surface area contributed by atoms with Crippen LogP contribution < -0.4 is 5.32 Å². The van der Waals surface area contributed by atoms with Gasteiger partial charge in [-0.25, -0.2) is 0 Å². The maximum atomic E-state index is 4.44. The molecule has 1 aromatic heterocycles. The van der Waals surface area contributed by atoms with E-state index in [0.717, 1.165) is 17.5 Å². The number of hydrogen-bond donors (Lipinski definition) is 1. The minimum absolute atomic E-state index is 0.615. The van der Waals surface area contributed by atoms with Gasteiger partial charge in [0.15, 0.2) is 5.16 Å². The van der Waals surface area contributed by atoms with E-state index in [1.165, 1.54) is 37.9 Å². The fourth-order valence-electron chi connectivity index (χ4n) is 2.27. The number of nitrogens with zero attached hydrogens (tertiary/aromatic N) is 3. The average Bonchev–Trinajstić information content (AvgIpc) is 3.33. The van der Waals surface area contributed by atoms with Crippen LogP contribution in [0.4, 0.5) is 0 Å². The third-order valence-electron chi connectivity index (χ3n) is 3.98. The van der Waals surface area contributed by atoms with E-state index < -0.39 is 0 Å². The molecule has 0 saturated heterocycles. The lowest BCUT2D eigenvalue weighted by Gasteiger charge is -2.11. The molecule has 0 aliphatic heterocycles. The second kappa shape index (κ2) is 5.83. The Kier molecular flexibility index (Phi) is 4.12. The van der Waals surface area contributed by atoms with Crippen LogP contribution in [0.15, 0.2) is 5.16 Å². The van der Waals surface area contributed by atoms with Gasteiger partial charge in [0.25, 0.3) is 0 Å². The van der Waals surface area contributed by atoms with Gasteiger partial charge in [-0.2, -0.15) is 0 Å². The molecule has 0 spiro atoms. The first-order valence-electron chi connectivity index (χ1n) is 7.60. The van der Waals surface area contributed by atoms with E-state index in [2.05, 4.69) is 33.9 Å². The van der Waals surface area contributed by atoms with Gasteiger partial charge < -0.3 is 9.88 Å². The van der Waals surface area contributed by atoms with Crippen LogP contribution in [0.2, 0.25) is 0 Å². The monoisotopic (exact) mass is 280 g/mol. The predicted octanol–water partition coefficient (Wildman–Crippen LogP) is 2.97. The number of thioether (sulfide) groups is 1. The summed E-state index contributed by atoms with van der Waals surface area (Å²) in [5.74, 6) is 3.06. The summed E-state index contributed by atoms with van der Waals surface area (Å²) in [4.78, 5) is 0. The average molecular weight is 280 g/mol.